The largest absolute Gasteiger partial charge is 0.379 e. The van der Waals surface area contributed by atoms with E-state index in [0.29, 0.717) is 37.2 Å². The van der Waals surface area contributed by atoms with E-state index in [1.54, 1.807) is 24.3 Å². The van der Waals surface area contributed by atoms with Gasteiger partial charge in [-0.3, -0.25) is 0 Å². The summed E-state index contributed by atoms with van der Waals surface area (Å²) in [6.07, 6.45) is 2.82. The van der Waals surface area contributed by atoms with Crippen LogP contribution in [0.1, 0.15) is 33.1 Å². The first-order valence-corrected chi connectivity index (χ1v) is 14.5. The van der Waals surface area contributed by atoms with E-state index in [9.17, 15) is 8.42 Å². The van der Waals surface area contributed by atoms with Crippen LogP contribution in [0.25, 0.3) is 0 Å². The van der Waals surface area contributed by atoms with Gasteiger partial charge in [-0.05, 0) is 50.2 Å². The second-order valence-electron chi connectivity index (χ2n) is 8.01. The summed E-state index contributed by atoms with van der Waals surface area (Å²) in [7, 11) is -3.32. The van der Waals surface area contributed by atoms with Crippen molar-refractivity contribution in [2.75, 3.05) is 43.7 Å². The summed E-state index contributed by atoms with van der Waals surface area (Å²) < 4.78 is 43.2. The minimum atomic E-state index is -3.32. The zero-order valence-corrected chi connectivity index (χ0v) is 20.4. The molecule has 0 aliphatic carbocycles. The van der Waals surface area contributed by atoms with Gasteiger partial charge in [-0.25, -0.2) is 8.42 Å². The fraction of sp³-hybridized carbons (Fsp3) is 0.727. The van der Waals surface area contributed by atoms with Gasteiger partial charge < -0.3 is 14.2 Å². The van der Waals surface area contributed by atoms with Gasteiger partial charge in [-0.1, -0.05) is 25.1 Å². The molecule has 2 aliphatic heterocycles. The molecule has 3 rings (SSSR count). The average Bonchev–Trinajstić information content (AvgIpc) is 3.17. The highest BCUT2D eigenvalue weighted by molar-refractivity contribution is 8.21. The topological polar surface area (TPSA) is 61.8 Å². The third kappa shape index (κ3) is 6.87. The molecule has 30 heavy (non-hydrogen) atoms. The SMILES string of the molecule is CCOCCOCC[C@@H]1CC([C@H](C)CS(=O)(=O)c2ccccc2)OC2(C1)SCCS2. The van der Waals surface area contributed by atoms with Gasteiger partial charge in [0.15, 0.2) is 14.1 Å². The summed E-state index contributed by atoms with van der Waals surface area (Å²) in [6, 6.07) is 8.74. The van der Waals surface area contributed by atoms with Gasteiger partial charge in [-0.15, -0.1) is 23.5 Å². The first-order valence-electron chi connectivity index (χ1n) is 10.8. The van der Waals surface area contributed by atoms with E-state index in [-0.39, 0.29) is 22.0 Å². The highest BCUT2D eigenvalue weighted by Crippen LogP contribution is 2.54. The molecule has 170 valence electrons. The van der Waals surface area contributed by atoms with Gasteiger partial charge in [0.1, 0.15) is 0 Å². The molecule has 0 aromatic heterocycles. The number of rotatable bonds is 11. The van der Waals surface area contributed by atoms with Crippen LogP contribution in [0.5, 0.6) is 0 Å². The van der Waals surface area contributed by atoms with Crippen LogP contribution in [0.15, 0.2) is 35.2 Å². The van der Waals surface area contributed by atoms with Crippen LogP contribution in [0.4, 0.5) is 0 Å². The Morgan fingerprint density at radius 1 is 1.13 bits per heavy atom. The molecule has 0 bridgehead atoms. The van der Waals surface area contributed by atoms with E-state index in [4.69, 9.17) is 14.2 Å². The van der Waals surface area contributed by atoms with Crippen LogP contribution in [-0.2, 0) is 24.0 Å². The molecule has 3 atom stereocenters. The highest BCUT2D eigenvalue weighted by atomic mass is 32.2. The highest BCUT2D eigenvalue weighted by Gasteiger charge is 2.46. The maximum Gasteiger partial charge on any atom is 0.178 e. The van der Waals surface area contributed by atoms with Crippen molar-refractivity contribution in [3.05, 3.63) is 30.3 Å². The van der Waals surface area contributed by atoms with E-state index in [2.05, 4.69) is 0 Å². The van der Waals surface area contributed by atoms with Crippen LogP contribution in [0.2, 0.25) is 0 Å². The number of hydrogen-bond donors (Lipinski definition) is 0. The predicted octanol–water partition coefficient (Wildman–Crippen LogP) is 4.47. The van der Waals surface area contributed by atoms with E-state index >= 15 is 0 Å². The Morgan fingerprint density at radius 2 is 1.83 bits per heavy atom. The Labute approximate surface area is 189 Å². The molecule has 2 fully saturated rings. The first-order chi connectivity index (χ1) is 14.4. The molecule has 1 spiro atoms. The maximum atomic E-state index is 12.9. The minimum Gasteiger partial charge on any atom is -0.379 e. The molecule has 0 radical (unpaired) electrons. The fourth-order valence-electron chi connectivity index (χ4n) is 4.07. The minimum absolute atomic E-state index is 0.0521. The Hall–Kier alpha value is -0.250. The summed E-state index contributed by atoms with van der Waals surface area (Å²) >= 11 is 3.77. The molecular formula is C22H34O5S3. The van der Waals surface area contributed by atoms with Crippen LogP contribution >= 0.6 is 23.5 Å². The molecule has 1 aromatic carbocycles. The molecule has 1 unspecified atom stereocenters. The molecule has 2 aliphatic rings. The van der Waals surface area contributed by atoms with E-state index in [1.165, 1.54) is 0 Å². The van der Waals surface area contributed by atoms with Crippen molar-refractivity contribution in [1.82, 2.24) is 0 Å². The molecule has 2 heterocycles. The van der Waals surface area contributed by atoms with Crippen molar-refractivity contribution in [2.45, 2.75) is 48.4 Å². The number of thioether (sulfide) groups is 2. The van der Waals surface area contributed by atoms with Crippen LogP contribution in [-0.4, -0.2) is 62.5 Å². The first kappa shape index (κ1) is 24.4. The lowest BCUT2D eigenvalue weighted by molar-refractivity contribution is -0.0714. The Kier molecular flexibility index (Phi) is 9.41. The van der Waals surface area contributed by atoms with Crippen molar-refractivity contribution in [1.29, 1.82) is 0 Å². The molecule has 1 aromatic rings. The van der Waals surface area contributed by atoms with Crippen molar-refractivity contribution >= 4 is 33.4 Å². The molecule has 5 nitrogen and oxygen atoms in total. The summed E-state index contributed by atoms with van der Waals surface area (Å²) in [5.41, 5.74) is 0. The van der Waals surface area contributed by atoms with E-state index in [1.807, 2.05) is 43.4 Å². The average molecular weight is 475 g/mol. The zero-order chi connectivity index (χ0) is 21.5. The third-order valence-corrected chi connectivity index (χ3v) is 10.8. The van der Waals surface area contributed by atoms with Crippen molar-refractivity contribution in [2.24, 2.45) is 11.8 Å². The lowest BCUT2D eigenvalue weighted by Gasteiger charge is -2.43. The van der Waals surface area contributed by atoms with Crippen molar-refractivity contribution in [3.8, 4) is 0 Å². The summed E-state index contributed by atoms with van der Waals surface area (Å²) in [5.74, 6) is 2.72. The lowest BCUT2D eigenvalue weighted by Crippen LogP contribution is -2.43. The Bertz CT molecular complexity index is 734. The normalized spacial score (nSPS) is 24.9. The van der Waals surface area contributed by atoms with Crippen molar-refractivity contribution < 1.29 is 22.6 Å². The van der Waals surface area contributed by atoms with Gasteiger partial charge >= 0.3 is 0 Å². The van der Waals surface area contributed by atoms with Gasteiger partial charge in [0, 0.05) is 24.7 Å². The number of hydrogen-bond acceptors (Lipinski definition) is 7. The fourth-order valence-corrected chi connectivity index (χ4v) is 8.96. The standard InChI is InChI=1S/C22H34O5S3/c1-3-25-11-12-26-10-9-19-15-21(27-22(16-19)28-13-14-29-22)18(2)17-30(23,24)20-7-5-4-6-8-20/h4-8,18-19,21H,3,9-17H2,1-2H3/t18-,19-,21?/m1/s1. The molecule has 2 saturated heterocycles. The summed E-state index contributed by atoms with van der Waals surface area (Å²) in [6.45, 7) is 6.69. The Morgan fingerprint density at radius 3 is 2.53 bits per heavy atom. The molecule has 0 N–H and O–H groups in total. The third-order valence-electron chi connectivity index (χ3n) is 5.63. The molecule has 0 amide bonds. The van der Waals surface area contributed by atoms with Gasteiger partial charge in [0.2, 0.25) is 0 Å². The zero-order valence-electron chi connectivity index (χ0n) is 18.0. The van der Waals surface area contributed by atoms with Gasteiger partial charge in [0.25, 0.3) is 0 Å². The summed E-state index contributed by atoms with van der Waals surface area (Å²) in [4.78, 5) is 0.395. The van der Waals surface area contributed by atoms with Crippen LogP contribution in [0, 0.1) is 11.8 Å². The van der Waals surface area contributed by atoms with Gasteiger partial charge in [0.05, 0.1) is 30.0 Å². The van der Waals surface area contributed by atoms with Gasteiger partial charge in [-0.2, -0.15) is 0 Å². The monoisotopic (exact) mass is 474 g/mol. The summed E-state index contributed by atoms with van der Waals surface area (Å²) in [5, 5.41) is 0. The van der Waals surface area contributed by atoms with Crippen LogP contribution < -0.4 is 0 Å². The Balaban J connectivity index is 1.59. The molecule has 8 heteroatoms. The molecule has 0 saturated carbocycles. The van der Waals surface area contributed by atoms with E-state index in [0.717, 1.165) is 30.8 Å². The number of sulfone groups is 1. The smallest absolute Gasteiger partial charge is 0.178 e. The lowest BCUT2D eigenvalue weighted by atomic mass is 9.88. The second-order valence-corrected chi connectivity index (χ2v) is 13.0. The molecular weight excluding hydrogens is 440 g/mol. The van der Waals surface area contributed by atoms with Crippen molar-refractivity contribution in [3.63, 3.8) is 0 Å². The second kappa shape index (κ2) is 11.6. The quantitative estimate of drug-likeness (QED) is 0.439. The van der Waals surface area contributed by atoms with Crippen LogP contribution in [0.3, 0.4) is 0 Å². The predicted molar refractivity (Wildman–Crippen MR) is 125 cm³/mol. The van der Waals surface area contributed by atoms with E-state index < -0.39 is 9.84 Å². The maximum absolute atomic E-state index is 12.9. The number of ether oxygens (including phenoxy) is 3. The number of benzene rings is 1.